The second kappa shape index (κ2) is 5.56. The molecule has 4 aliphatic carbocycles. The third-order valence-corrected chi connectivity index (χ3v) is 8.67. The highest BCUT2D eigenvalue weighted by atomic mass is 16.5. The summed E-state index contributed by atoms with van der Waals surface area (Å²) in [5, 5.41) is 10.4. The second-order valence-corrected chi connectivity index (χ2v) is 9.13. The maximum absolute atomic E-state index is 12.0. The molecule has 4 unspecified atom stereocenters. The number of carbonyl (C=O) groups excluding carboxylic acids is 1. The number of hydrogen-bond donors (Lipinski definition) is 1. The molecule has 130 valence electrons. The number of ether oxygens (including phenoxy) is 1. The zero-order valence-corrected chi connectivity index (χ0v) is 14.7. The van der Waals surface area contributed by atoms with E-state index in [1.165, 1.54) is 32.1 Å². The van der Waals surface area contributed by atoms with Crippen LogP contribution in [0.1, 0.15) is 64.7 Å². The minimum Gasteiger partial charge on any atom is -0.396 e. The lowest BCUT2D eigenvalue weighted by Gasteiger charge is -2.60. The fourth-order valence-electron chi connectivity index (χ4n) is 7.50. The normalized spacial score (nSPS) is 52.7. The maximum Gasteiger partial charge on any atom is 0.133 e. The van der Waals surface area contributed by atoms with E-state index in [9.17, 15) is 9.90 Å². The van der Waals surface area contributed by atoms with Crippen LogP contribution in [-0.2, 0) is 9.53 Å². The van der Waals surface area contributed by atoms with Gasteiger partial charge in [-0.2, -0.15) is 0 Å². The average Bonchev–Trinajstić information content (AvgIpc) is 2.90. The van der Waals surface area contributed by atoms with E-state index in [0.29, 0.717) is 42.2 Å². The molecule has 3 nitrogen and oxygen atoms in total. The fraction of sp³-hybridized carbons (Fsp3) is 0.950. The highest BCUT2D eigenvalue weighted by molar-refractivity contribution is 5.79. The SMILES string of the molecule is COC1CC[C@H]2C3CC[C@H]4CC(=O)CCC4(CO)[C@H]3CCC12C. The largest absolute Gasteiger partial charge is 0.396 e. The van der Waals surface area contributed by atoms with E-state index in [4.69, 9.17) is 4.74 Å². The zero-order chi connectivity index (χ0) is 16.2. The van der Waals surface area contributed by atoms with Gasteiger partial charge in [-0.1, -0.05) is 6.92 Å². The van der Waals surface area contributed by atoms with Gasteiger partial charge in [0.2, 0.25) is 0 Å². The number of rotatable bonds is 2. The highest BCUT2D eigenvalue weighted by Gasteiger charge is 2.61. The quantitative estimate of drug-likeness (QED) is 0.846. The summed E-state index contributed by atoms with van der Waals surface area (Å²) in [6.45, 7) is 2.75. The van der Waals surface area contributed by atoms with Crippen molar-refractivity contribution in [2.75, 3.05) is 13.7 Å². The van der Waals surface area contributed by atoms with Crippen molar-refractivity contribution in [2.24, 2.45) is 34.5 Å². The number of aliphatic hydroxyl groups is 1. The Hall–Kier alpha value is -0.410. The molecule has 23 heavy (non-hydrogen) atoms. The number of methoxy groups -OCH3 is 1. The third-order valence-electron chi connectivity index (χ3n) is 8.67. The Bertz CT molecular complexity index is 489. The molecule has 0 aliphatic heterocycles. The molecule has 0 aromatic carbocycles. The van der Waals surface area contributed by atoms with Gasteiger partial charge in [-0.05, 0) is 74.0 Å². The van der Waals surface area contributed by atoms with Crippen molar-refractivity contribution in [3.63, 3.8) is 0 Å². The summed E-state index contributed by atoms with van der Waals surface area (Å²) >= 11 is 0. The van der Waals surface area contributed by atoms with Crippen LogP contribution in [0.15, 0.2) is 0 Å². The van der Waals surface area contributed by atoms with Crippen LogP contribution in [0.3, 0.4) is 0 Å². The van der Waals surface area contributed by atoms with E-state index in [1.54, 1.807) is 0 Å². The van der Waals surface area contributed by atoms with E-state index in [0.717, 1.165) is 31.1 Å². The Balaban J connectivity index is 1.64. The van der Waals surface area contributed by atoms with E-state index < -0.39 is 0 Å². The van der Waals surface area contributed by atoms with Gasteiger partial charge in [0.1, 0.15) is 5.78 Å². The molecule has 0 bridgehead atoms. The molecule has 0 amide bonds. The first-order chi connectivity index (χ1) is 11.0. The van der Waals surface area contributed by atoms with Crippen LogP contribution in [0.25, 0.3) is 0 Å². The number of Topliss-reactive ketones (excluding diaryl/α,β-unsaturated/α-hetero) is 1. The third kappa shape index (κ3) is 2.12. The van der Waals surface area contributed by atoms with Crippen molar-refractivity contribution in [3.05, 3.63) is 0 Å². The molecule has 0 heterocycles. The lowest BCUT2D eigenvalue weighted by molar-refractivity contribution is -0.157. The standard InChI is InChI=1S/C20H32O3/c1-19-9-8-17-15(16(19)5-6-18(19)23-2)4-3-13-11-14(22)7-10-20(13,17)12-21/h13,15-18,21H,3-12H2,1-2H3/t13-,15?,16-,17-,18?,19?,20?/m0/s1. The van der Waals surface area contributed by atoms with Crippen molar-refractivity contribution < 1.29 is 14.6 Å². The van der Waals surface area contributed by atoms with Gasteiger partial charge in [-0.3, -0.25) is 4.79 Å². The summed E-state index contributed by atoms with van der Waals surface area (Å²) in [5.74, 6) is 3.00. The van der Waals surface area contributed by atoms with Gasteiger partial charge in [0, 0.05) is 32.0 Å². The first-order valence-electron chi connectivity index (χ1n) is 9.70. The number of aliphatic hydroxyl groups excluding tert-OH is 1. The summed E-state index contributed by atoms with van der Waals surface area (Å²) < 4.78 is 5.84. The summed E-state index contributed by atoms with van der Waals surface area (Å²) in [5.41, 5.74) is 0.382. The smallest absolute Gasteiger partial charge is 0.133 e. The van der Waals surface area contributed by atoms with E-state index in [1.807, 2.05) is 7.11 Å². The molecular weight excluding hydrogens is 288 g/mol. The first kappa shape index (κ1) is 16.1. The van der Waals surface area contributed by atoms with Crippen LogP contribution in [-0.4, -0.2) is 30.7 Å². The van der Waals surface area contributed by atoms with Crippen molar-refractivity contribution in [1.29, 1.82) is 0 Å². The van der Waals surface area contributed by atoms with E-state index in [2.05, 4.69) is 6.92 Å². The first-order valence-corrected chi connectivity index (χ1v) is 9.70. The zero-order valence-electron chi connectivity index (χ0n) is 14.7. The number of fused-ring (bicyclic) bond motifs is 5. The van der Waals surface area contributed by atoms with Crippen LogP contribution < -0.4 is 0 Å². The van der Waals surface area contributed by atoms with E-state index in [-0.39, 0.29) is 5.41 Å². The van der Waals surface area contributed by atoms with Gasteiger partial charge in [0.25, 0.3) is 0 Å². The minimum atomic E-state index is 0.0450. The number of carbonyl (C=O) groups is 1. The lowest BCUT2D eigenvalue weighted by atomic mass is 9.45. The lowest BCUT2D eigenvalue weighted by Crippen LogP contribution is -2.56. The fourth-order valence-corrected chi connectivity index (χ4v) is 7.50. The number of ketones is 1. The molecule has 4 rings (SSSR count). The molecule has 1 N–H and O–H groups in total. The van der Waals surface area contributed by atoms with Crippen LogP contribution in [0, 0.1) is 34.5 Å². The monoisotopic (exact) mass is 320 g/mol. The minimum absolute atomic E-state index is 0.0450. The number of hydrogen-bond acceptors (Lipinski definition) is 3. The van der Waals surface area contributed by atoms with Gasteiger partial charge in [-0.25, -0.2) is 0 Å². The summed E-state index contributed by atoms with van der Waals surface area (Å²) in [7, 11) is 1.88. The highest BCUT2D eigenvalue weighted by Crippen LogP contribution is 2.66. The summed E-state index contributed by atoms with van der Waals surface area (Å²) in [6, 6.07) is 0. The molecule has 0 aromatic heterocycles. The van der Waals surface area contributed by atoms with Crippen molar-refractivity contribution in [1.82, 2.24) is 0 Å². The van der Waals surface area contributed by atoms with Gasteiger partial charge in [-0.15, -0.1) is 0 Å². The predicted octanol–water partition coefficient (Wildman–Crippen LogP) is 3.59. The molecule has 3 heteroatoms. The van der Waals surface area contributed by atoms with Gasteiger partial charge < -0.3 is 9.84 Å². The van der Waals surface area contributed by atoms with Crippen LogP contribution in [0.4, 0.5) is 0 Å². The van der Waals surface area contributed by atoms with Crippen LogP contribution in [0.2, 0.25) is 0 Å². The molecule has 7 atom stereocenters. The summed E-state index contributed by atoms with van der Waals surface area (Å²) in [4.78, 5) is 12.0. The maximum atomic E-state index is 12.0. The van der Waals surface area contributed by atoms with Crippen molar-refractivity contribution in [3.8, 4) is 0 Å². The van der Waals surface area contributed by atoms with Crippen molar-refractivity contribution in [2.45, 2.75) is 70.8 Å². The van der Waals surface area contributed by atoms with Crippen molar-refractivity contribution >= 4 is 5.78 Å². The molecule has 4 saturated carbocycles. The molecular formula is C20H32O3. The topological polar surface area (TPSA) is 46.5 Å². The molecule has 0 saturated heterocycles. The molecule has 0 radical (unpaired) electrons. The Labute approximate surface area is 140 Å². The van der Waals surface area contributed by atoms with Crippen LogP contribution >= 0.6 is 0 Å². The van der Waals surface area contributed by atoms with Gasteiger partial charge in [0.05, 0.1) is 6.10 Å². The molecule has 4 fully saturated rings. The van der Waals surface area contributed by atoms with Gasteiger partial charge >= 0.3 is 0 Å². The Morgan fingerprint density at radius 3 is 2.70 bits per heavy atom. The van der Waals surface area contributed by atoms with E-state index >= 15 is 0 Å². The predicted molar refractivity (Wildman–Crippen MR) is 88.9 cm³/mol. The molecule has 0 spiro atoms. The summed E-state index contributed by atoms with van der Waals surface area (Å²) in [6.07, 6.45) is 10.2. The second-order valence-electron chi connectivity index (χ2n) is 9.13. The Morgan fingerprint density at radius 2 is 1.96 bits per heavy atom. The molecule has 4 aliphatic rings. The van der Waals surface area contributed by atoms with Gasteiger partial charge in [0.15, 0.2) is 0 Å². The Kier molecular flexibility index (Phi) is 3.88. The average molecular weight is 320 g/mol. The molecule has 0 aromatic rings. The van der Waals surface area contributed by atoms with Crippen LogP contribution in [0.5, 0.6) is 0 Å². The Morgan fingerprint density at radius 1 is 1.13 bits per heavy atom.